The first-order valence-electron chi connectivity index (χ1n) is 8.96. The van der Waals surface area contributed by atoms with Crippen molar-refractivity contribution < 1.29 is 53.8 Å². The first-order chi connectivity index (χ1) is 14.3. The van der Waals surface area contributed by atoms with E-state index < -0.39 is 5.97 Å². The van der Waals surface area contributed by atoms with Gasteiger partial charge in [0, 0.05) is 28.3 Å². The zero-order valence-electron chi connectivity index (χ0n) is 17.0. The Labute approximate surface area is 200 Å². The molecular formula is C23H17N2NaO5. The van der Waals surface area contributed by atoms with Crippen LogP contribution in [0.15, 0.2) is 66.7 Å². The summed E-state index contributed by atoms with van der Waals surface area (Å²) in [7, 11) is 0. The maximum absolute atomic E-state index is 13.0. The van der Waals surface area contributed by atoms with E-state index >= 15 is 0 Å². The number of nitrogens with one attached hydrogen (secondary N) is 1. The van der Waals surface area contributed by atoms with Crippen molar-refractivity contribution >= 4 is 34.8 Å². The summed E-state index contributed by atoms with van der Waals surface area (Å²) >= 11 is 0. The van der Waals surface area contributed by atoms with Gasteiger partial charge in [0.15, 0.2) is 11.6 Å². The van der Waals surface area contributed by atoms with Gasteiger partial charge < -0.3 is 21.0 Å². The number of carbonyl (C=O) groups is 4. The third kappa shape index (κ3) is 5.08. The van der Waals surface area contributed by atoms with Gasteiger partial charge in [-0.15, -0.1) is 0 Å². The average molecular weight is 424 g/mol. The van der Waals surface area contributed by atoms with E-state index in [-0.39, 0.29) is 75.0 Å². The number of ketones is 2. The Bertz CT molecular complexity index is 1170. The number of hydrogen-bond acceptors (Lipinski definition) is 6. The third-order valence-corrected chi connectivity index (χ3v) is 4.39. The number of hydrogen-bond donors (Lipinski definition) is 2. The second kappa shape index (κ2) is 10.2. The van der Waals surface area contributed by atoms with Gasteiger partial charge >= 0.3 is 29.6 Å². The van der Waals surface area contributed by atoms with Crippen molar-refractivity contribution in [2.45, 2.75) is 6.92 Å². The quantitative estimate of drug-likeness (QED) is 0.316. The van der Waals surface area contributed by atoms with Crippen molar-refractivity contribution in [2.24, 2.45) is 0 Å². The molecule has 1 aliphatic rings. The zero-order valence-corrected chi connectivity index (χ0v) is 19.0. The summed E-state index contributed by atoms with van der Waals surface area (Å²) in [6.45, 7) is 0.972. The van der Waals surface area contributed by atoms with Gasteiger partial charge in [0.1, 0.15) is 0 Å². The van der Waals surface area contributed by atoms with Gasteiger partial charge in [-0.05, 0) is 31.2 Å². The van der Waals surface area contributed by atoms with E-state index in [2.05, 4.69) is 5.32 Å². The molecule has 1 amide bonds. The first kappa shape index (κ1) is 24.0. The minimum atomic E-state index is -1.08. The second-order valence-corrected chi connectivity index (χ2v) is 6.47. The predicted molar refractivity (Wildman–Crippen MR) is 109 cm³/mol. The molecule has 8 heteroatoms. The normalized spacial score (nSPS) is 11.1. The maximum atomic E-state index is 13.0. The van der Waals surface area contributed by atoms with Crippen molar-refractivity contribution in [1.29, 1.82) is 0 Å². The molecule has 0 unspecified atom stereocenters. The number of benzene rings is 3. The Balaban J connectivity index is 0.000000631. The van der Waals surface area contributed by atoms with E-state index in [0.717, 1.165) is 6.92 Å². The van der Waals surface area contributed by atoms with Gasteiger partial charge in [0.2, 0.25) is 0 Å². The smallest absolute Gasteiger partial charge is 0.550 e. The number of fused-ring (bicyclic) bond motifs is 2. The van der Waals surface area contributed by atoms with Crippen LogP contribution < -0.4 is 45.7 Å². The molecule has 0 heterocycles. The molecule has 3 N–H and O–H groups in total. The molecule has 1 aliphatic carbocycles. The minimum absolute atomic E-state index is 0. The molecule has 4 rings (SSSR count). The summed E-state index contributed by atoms with van der Waals surface area (Å²) in [5.41, 5.74) is 7.85. The number of carboxylic acid groups (broad SMARTS) is 1. The number of anilines is 2. The molecular weight excluding hydrogens is 407 g/mol. The number of amides is 1. The monoisotopic (exact) mass is 424 g/mol. The molecule has 0 spiro atoms. The number of rotatable bonds is 2. The van der Waals surface area contributed by atoms with Crippen LogP contribution in [0.5, 0.6) is 0 Å². The summed E-state index contributed by atoms with van der Waals surface area (Å²) < 4.78 is 0. The van der Waals surface area contributed by atoms with Crippen molar-refractivity contribution in [3.8, 4) is 0 Å². The number of nitrogen functional groups attached to an aromatic ring is 1. The van der Waals surface area contributed by atoms with Crippen LogP contribution in [0.2, 0.25) is 0 Å². The summed E-state index contributed by atoms with van der Waals surface area (Å²) in [5, 5.41) is 11.6. The average Bonchev–Trinajstić information content (AvgIpc) is 2.72. The van der Waals surface area contributed by atoms with Crippen LogP contribution in [0, 0.1) is 0 Å². The van der Waals surface area contributed by atoms with Crippen LogP contribution in [-0.2, 0) is 4.79 Å². The van der Waals surface area contributed by atoms with E-state index in [0.29, 0.717) is 11.3 Å². The Morgan fingerprint density at radius 3 is 1.94 bits per heavy atom. The van der Waals surface area contributed by atoms with E-state index in [4.69, 9.17) is 15.6 Å². The molecule has 7 nitrogen and oxygen atoms in total. The van der Waals surface area contributed by atoms with Crippen LogP contribution in [0.4, 0.5) is 11.4 Å². The summed E-state index contributed by atoms with van der Waals surface area (Å²) in [6, 6.07) is 18.3. The van der Waals surface area contributed by atoms with Crippen LogP contribution in [0.1, 0.15) is 49.1 Å². The summed E-state index contributed by atoms with van der Waals surface area (Å²) in [4.78, 5) is 47.2. The number of nitrogens with two attached hydrogens (primary N) is 1. The van der Waals surface area contributed by atoms with Crippen LogP contribution in [-0.4, -0.2) is 23.4 Å². The van der Waals surface area contributed by atoms with E-state index in [1.807, 2.05) is 6.07 Å². The number of aliphatic carboxylic acids is 1. The molecule has 0 radical (unpaired) electrons. The topological polar surface area (TPSA) is 129 Å². The van der Waals surface area contributed by atoms with Gasteiger partial charge in [-0.1, -0.05) is 42.5 Å². The fraction of sp³-hybridized carbons (Fsp3) is 0.0435. The Kier molecular flexibility index (Phi) is 7.88. The van der Waals surface area contributed by atoms with E-state index in [1.54, 1.807) is 60.7 Å². The van der Waals surface area contributed by atoms with Gasteiger partial charge in [-0.25, -0.2) is 0 Å². The van der Waals surface area contributed by atoms with Gasteiger partial charge in [0.25, 0.3) is 5.91 Å². The maximum Gasteiger partial charge on any atom is 1.00 e. The Hall–Kier alpha value is -3.26. The van der Waals surface area contributed by atoms with Crippen LogP contribution in [0.25, 0.3) is 0 Å². The van der Waals surface area contributed by atoms with Crippen molar-refractivity contribution in [1.82, 2.24) is 0 Å². The fourth-order valence-corrected chi connectivity index (χ4v) is 3.16. The second-order valence-electron chi connectivity index (χ2n) is 6.47. The van der Waals surface area contributed by atoms with E-state index in [1.165, 1.54) is 0 Å². The predicted octanol–water partition coefficient (Wildman–Crippen LogP) is -0.943. The molecule has 31 heavy (non-hydrogen) atoms. The minimum Gasteiger partial charge on any atom is -0.550 e. The molecule has 3 aromatic carbocycles. The number of carbonyl (C=O) groups excluding carboxylic acids is 4. The SMILES string of the molecule is CC(=O)[O-].Nc1cccc2c1C(=O)c1cccc(NC(=O)c3ccccc3)c1C2=O.[Na+]. The van der Waals surface area contributed by atoms with Crippen molar-refractivity contribution in [3.63, 3.8) is 0 Å². The third-order valence-electron chi connectivity index (χ3n) is 4.39. The Morgan fingerprint density at radius 2 is 1.32 bits per heavy atom. The molecule has 0 bridgehead atoms. The van der Waals surface area contributed by atoms with Crippen LogP contribution >= 0.6 is 0 Å². The molecule has 0 saturated carbocycles. The molecule has 0 saturated heterocycles. The van der Waals surface area contributed by atoms with Gasteiger partial charge in [0.05, 0.1) is 16.8 Å². The van der Waals surface area contributed by atoms with Gasteiger partial charge in [-0.2, -0.15) is 0 Å². The van der Waals surface area contributed by atoms with Gasteiger partial charge in [-0.3, -0.25) is 14.4 Å². The largest absolute Gasteiger partial charge is 1.00 e. The summed E-state index contributed by atoms with van der Waals surface area (Å²) in [6.07, 6.45) is 0. The molecule has 3 aromatic rings. The molecule has 0 atom stereocenters. The Morgan fingerprint density at radius 1 is 0.806 bits per heavy atom. The standard InChI is InChI=1S/C21H14N2O3.C2H4O2.Na/c22-15-10-4-8-13-17(15)19(24)14-9-5-11-16(18(14)20(13)25)23-21(26)12-6-2-1-3-7-12;1-2(3)4;/h1-11H,22H2,(H,23,26);1H3,(H,3,4);/q;;+1/p-1. The summed E-state index contributed by atoms with van der Waals surface area (Å²) in [5.74, 6) is -2.08. The molecule has 0 aromatic heterocycles. The first-order valence-corrected chi connectivity index (χ1v) is 8.96. The van der Waals surface area contributed by atoms with Crippen molar-refractivity contribution in [3.05, 3.63) is 94.5 Å². The van der Waals surface area contributed by atoms with E-state index in [9.17, 15) is 14.4 Å². The fourth-order valence-electron chi connectivity index (χ4n) is 3.16. The zero-order chi connectivity index (χ0) is 21.8. The number of carboxylic acids is 1. The molecule has 0 aliphatic heterocycles. The molecule has 150 valence electrons. The van der Waals surface area contributed by atoms with Crippen LogP contribution in [0.3, 0.4) is 0 Å². The molecule has 0 fully saturated rings. The van der Waals surface area contributed by atoms with Crippen molar-refractivity contribution in [2.75, 3.05) is 11.1 Å².